The smallest absolute Gasteiger partial charge is 0.259 e. The number of hydrogen-bond donors (Lipinski definition) is 2. The maximum atomic E-state index is 13.4. The van der Waals surface area contributed by atoms with Crippen LogP contribution in [0.1, 0.15) is 0 Å². The Balaban J connectivity index is 1.77. The average molecular weight is 534 g/mol. The summed E-state index contributed by atoms with van der Waals surface area (Å²) < 4.78 is 42.2. The van der Waals surface area contributed by atoms with Crippen LogP contribution in [0.25, 0.3) is 0 Å². The van der Waals surface area contributed by atoms with Crippen molar-refractivity contribution >= 4 is 40.9 Å². The summed E-state index contributed by atoms with van der Waals surface area (Å²) in [4.78, 5) is 37.8. The van der Waals surface area contributed by atoms with Crippen molar-refractivity contribution in [1.82, 2.24) is 15.5 Å². The molecular formula is C22H23Cl2F2N3O6. The Bertz CT molecular complexity index is 1040. The van der Waals surface area contributed by atoms with Crippen molar-refractivity contribution in [2.24, 2.45) is 0 Å². The van der Waals surface area contributed by atoms with Crippen molar-refractivity contribution in [2.75, 3.05) is 46.7 Å². The maximum Gasteiger partial charge on any atom is 0.259 e. The van der Waals surface area contributed by atoms with E-state index in [0.29, 0.717) is 0 Å². The van der Waals surface area contributed by atoms with Gasteiger partial charge in [0.15, 0.2) is 13.2 Å². The monoisotopic (exact) mass is 533 g/mol. The van der Waals surface area contributed by atoms with E-state index in [1.165, 1.54) is 36.3 Å². The van der Waals surface area contributed by atoms with E-state index in [1.807, 2.05) is 0 Å². The normalized spacial score (nSPS) is 10.4. The molecule has 0 bridgehead atoms. The third-order valence-electron chi connectivity index (χ3n) is 4.34. The Morgan fingerprint density at radius 1 is 0.886 bits per heavy atom. The molecule has 0 atom stereocenters. The molecular weight excluding hydrogens is 511 g/mol. The van der Waals surface area contributed by atoms with Crippen molar-refractivity contribution in [3.63, 3.8) is 0 Å². The Labute approximate surface area is 210 Å². The molecule has 13 heteroatoms. The number of carbonyl (C=O) groups excluding carboxylic acids is 3. The number of halogens is 4. The van der Waals surface area contributed by atoms with Gasteiger partial charge in [0.25, 0.3) is 11.8 Å². The minimum absolute atomic E-state index is 0.0772. The van der Waals surface area contributed by atoms with Crippen LogP contribution in [-0.2, 0) is 19.1 Å². The number of nitrogens with one attached hydrogen (secondary N) is 2. The highest BCUT2D eigenvalue weighted by molar-refractivity contribution is 6.31. The Morgan fingerprint density at radius 2 is 1.40 bits per heavy atom. The van der Waals surface area contributed by atoms with Crippen LogP contribution in [0.15, 0.2) is 36.4 Å². The number of amides is 3. The highest BCUT2D eigenvalue weighted by atomic mass is 35.5. The zero-order chi connectivity index (χ0) is 25.8. The molecule has 2 aromatic carbocycles. The van der Waals surface area contributed by atoms with Crippen molar-refractivity contribution in [3.8, 4) is 11.5 Å². The summed E-state index contributed by atoms with van der Waals surface area (Å²) in [5, 5.41) is 4.72. The molecule has 0 spiro atoms. The lowest BCUT2D eigenvalue weighted by Crippen LogP contribution is -2.48. The summed E-state index contributed by atoms with van der Waals surface area (Å²) in [6, 6.07) is 7.45. The van der Waals surface area contributed by atoms with E-state index in [2.05, 4.69) is 10.6 Å². The van der Waals surface area contributed by atoms with E-state index in [-0.39, 0.29) is 47.9 Å². The first-order valence-electron chi connectivity index (χ1n) is 10.2. The standard InChI is InChI=1S/C22H23Cl2F2N3O6/c1-33-7-6-29(13-28-21(31)12-35-15-3-5-17(24)19(26)9-15)22(32)10-27-20(30)11-34-14-2-4-16(23)18(25)8-14/h2-5,8-9H,6-7,10-13H2,1H3,(H,27,30)(H,28,31). The van der Waals surface area contributed by atoms with Gasteiger partial charge in [-0.1, -0.05) is 23.2 Å². The average Bonchev–Trinajstić information content (AvgIpc) is 2.84. The molecule has 35 heavy (non-hydrogen) atoms. The fraction of sp³-hybridized carbons (Fsp3) is 0.318. The quantitative estimate of drug-likeness (QED) is 0.383. The molecule has 0 heterocycles. The van der Waals surface area contributed by atoms with Crippen molar-refractivity contribution in [2.45, 2.75) is 0 Å². The van der Waals surface area contributed by atoms with Gasteiger partial charge in [-0.2, -0.15) is 0 Å². The molecule has 0 unspecified atom stereocenters. The number of carbonyl (C=O) groups is 3. The Kier molecular flexibility index (Phi) is 11.5. The molecule has 0 saturated heterocycles. The zero-order valence-corrected chi connectivity index (χ0v) is 20.1. The first-order valence-corrected chi connectivity index (χ1v) is 10.9. The lowest BCUT2D eigenvalue weighted by molar-refractivity contribution is -0.135. The molecule has 9 nitrogen and oxygen atoms in total. The summed E-state index contributed by atoms with van der Waals surface area (Å²) in [5.74, 6) is -2.86. The molecule has 0 fully saturated rings. The molecule has 190 valence electrons. The van der Waals surface area contributed by atoms with Gasteiger partial charge in [-0.25, -0.2) is 8.78 Å². The molecule has 2 N–H and O–H groups in total. The van der Waals surface area contributed by atoms with Gasteiger partial charge in [0.05, 0.1) is 29.9 Å². The van der Waals surface area contributed by atoms with Crippen molar-refractivity contribution < 1.29 is 37.4 Å². The van der Waals surface area contributed by atoms with Gasteiger partial charge >= 0.3 is 0 Å². The number of methoxy groups -OCH3 is 1. The van der Waals surface area contributed by atoms with Crippen LogP contribution < -0.4 is 20.1 Å². The van der Waals surface area contributed by atoms with E-state index in [0.717, 1.165) is 12.1 Å². The van der Waals surface area contributed by atoms with Crippen LogP contribution >= 0.6 is 23.2 Å². The molecule has 3 amide bonds. The SMILES string of the molecule is COCCN(CNC(=O)COc1ccc(Cl)c(F)c1)C(=O)CNC(=O)COc1ccc(Cl)c(F)c1. The number of ether oxygens (including phenoxy) is 3. The summed E-state index contributed by atoms with van der Waals surface area (Å²) in [5.41, 5.74) is 0. The predicted molar refractivity (Wildman–Crippen MR) is 123 cm³/mol. The van der Waals surface area contributed by atoms with Crippen molar-refractivity contribution in [1.29, 1.82) is 0 Å². The topological polar surface area (TPSA) is 106 Å². The van der Waals surface area contributed by atoms with Gasteiger partial charge in [0, 0.05) is 25.8 Å². The first-order chi connectivity index (χ1) is 16.7. The molecule has 2 aromatic rings. The third-order valence-corrected chi connectivity index (χ3v) is 4.96. The van der Waals surface area contributed by atoms with E-state index >= 15 is 0 Å². The van der Waals surface area contributed by atoms with Crippen LogP contribution in [0.3, 0.4) is 0 Å². The second kappa shape index (κ2) is 14.3. The third kappa shape index (κ3) is 9.93. The Hall–Kier alpha value is -3.15. The highest BCUT2D eigenvalue weighted by Gasteiger charge is 2.16. The van der Waals surface area contributed by atoms with Gasteiger partial charge < -0.3 is 29.7 Å². The Morgan fingerprint density at radius 3 is 1.89 bits per heavy atom. The lowest BCUT2D eigenvalue weighted by Gasteiger charge is -2.23. The lowest BCUT2D eigenvalue weighted by atomic mass is 10.3. The summed E-state index contributed by atoms with van der Waals surface area (Å²) in [6.07, 6.45) is 0. The minimum Gasteiger partial charge on any atom is -0.484 e. The summed E-state index contributed by atoms with van der Waals surface area (Å²) in [7, 11) is 1.44. The fourth-order valence-electron chi connectivity index (χ4n) is 2.50. The minimum atomic E-state index is -0.693. The summed E-state index contributed by atoms with van der Waals surface area (Å²) >= 11 is 11.2. The number of benzene rings is 2. The zero-order valence-electron chi connectivity index (χ0n) is 18.6. The maximum absolute atomic E-state index is 13.4. The van der Waals surface area contributed by atoms with Crippen molar-refractivity contribution in [3.05, 3.63) is 58.1 Å². The molecule has 0 aliphatic rings. The van der Waals surface area contributed by atoms with E-state index in [1.54, 1.807) is 0 Å². The van der Waals surface area contributed by atoms with Crippen LogP contribution in [0, 0.1) is 11.6 Å². The van der Waals surface area contributed by atoms with Gasteiger partial charge in [0.1, 0.15) is 23.1 Å². The fourth-order valence-corrected chi connectivity index (χ4v) is 2.73. The number of hydrogen-bond acceptors (Lipinski definition) is 6. The van der Waals surface area contributed by atoms with Crippen LogP contribution in [-0.4, -0.2) is 69.3 Å². The highest BCUT2D eigenvalue weighted by Crippen LogP contribution is 2.21. The van der Waals surface area contributed by atoms with Gasteiger partial charge in [0.2, 0.25) is 5.91 Å². The van der Waals surface area contributed by atoms with Gasteiger partial charge in [-0.3, -0.25) is 14.4 Å². The van der Waals surface area contributed by atoms with E-state index in [9.17, 15) is 23.2 Å². The second-order valence-electron chi connectivity index (χ2n) is 6.91. The van der Waals surface area contributed by atoms with Gasteiger partial charge in [-0.15, -0.1) is 0 Å². The molecule has 2 rings (SSSR count). The molecule has 0 saturated carbocycles. The van der Waals surface area contributed by atoms with Gasteiger partial charge in [-0.05, 0) is 24.3 Å². The van der Waals surface area contributed by atoms with Crippen LogP contribution in [0.4, 0.5) is 8.78 Å². The number of nitrogens with zero attached hydrogens (tertiary/aromatic N) is 1. The largest absolute Gasteiger partial charge is 0.484 e. The molecule has 0 aliphatic carbocycles. The van der Waals surface area contributed by atoms with Crippen LogP contribution in [0.5, 0.6) is 11.5 Å². The molecule has 0 aromatic heterocycles. The molecule has 0 aliphatic heterocycles. The second-order valence-corrected chi connectivity index (χ2v) is 7.73. The van der Waals surface area contributed by atoms with E-state index in [4.69, 9.17) is 37.4 Å². The predicted octanol–water partition coefficient (Wildman–Crippen LogP) is 2.39. The van der Waals surface area contributed by atoms with Crippen LogP contribution in [0.2, 0.25) is 10.0 Å². The van der Waals surface area contributed by atoms with E-state index < -0.39 is 42.6 Å². The number of rotatable bonds is 13. The molecule has 0 radical (unpaired) electrons. The summed E-state index contributed by atoms with van der Waals surface area (Å²) in [6.45, 7) is -1.12. The first kappa shape index (κ1) is 28.1.